The first kappa shape index (κ1) is 12.3. The highest BCUT2D eigenvalue weighted by atomic mass is 35.5. The molecule has 1 aromatic rings. The second-order valence-corrected chi connectivity index (χ2v) is 7.54. The van der Waals surface area contributed by atoms with Gasteiger partial charge in [0.15, 0.2) is 0 Å². The zero-order valence-corrected chi connectivity index (χ0v) is 13.1. The third-order valence-electron chi connectivity index (χ3n) is 5.98. The number of aryl methyl sites for hydroxylation is 1. The van der Waals surface area contributed by atoms with Gasteiger partial charge in [0.25, 0.3) is 0 Å². The Morgan fingerprint density at radius 2 is 1.71 bits per heavy atom. The second-order valence-electron chi connectivity index (χ2n) is 7.16. The maximum absolute atomic E-state index is 6.76. The first-order chi connectivity index (χ1) is 10.2. The number of hydrogen-bond acceptors (Lipinski definition) is 1. The molecule has 2 heteroatoms. The van der Waals surface area contributed by atoms with Gasteiger partial charge in [-0.3, -0.25) is 0 Å². The number of nitrogens with zero attached hydrogens (tertiary/aromatic N) is 1. The predicted molar refractivity (Wildman–Crippen MR) is 88.4 cm³/mol. The molecule has 0 saturated carbocycles. The number of benzene rings is 1. The number of anilines is 1. The minimum absolute atomic E-state index is 0.546. The van der Waals surface area contributed by atoms with E-state index in [0.717, 1.165) is 16.9 Å². The lowest BCUT2D eigenvalue weighted by Crippen LogP contribution is -2.43. The molecule has 5 rings (SSSR count). The summed E-state index contributed by atoms with van der Waals surface area (Å²) in [5, 5.41) is 1.01. The molecule has 1 nitrogen and oxygen atoms in total. The van der Waals surface area contributed by atoms with E-state index in [9.17, 15) is 0 Å². The van der Waals surface area contributed by atoms with Crippen LogP contribution >= 0.6 is 11.6 Å². The molecule has 21 heavy (non-hydrogen) atoms. The van der Waals surface area contributed by atoms with Gasteiger partial charge in [-0.25, -0.2) is 0 Å². The van der Waals surface area contributed by atoms with Crippen molar-refractivity contribution < 1.29 is 0 Å². The summed E-state index contributed by atoms with van der Waals surface area (Å²) in [4.78, 5) is 2.65. The monoisotopic (exact) mass is 297 g/mol. The molecule has 108 valence electrons. The summed E-state index contributed by atoms with van der Waals surface area (Å²) < 4.78 is 0. The molecule has 1 aromatic carbocycles. The first-order valence-electron chi connectivity index (χ1n) is 8.15. The summed E-state index contributed by atoms with van der Waals surface area (Å²) in [6.07, 6.45) is 12.0. The Morgan fingerprint density at radius 1 is 1.05 bits per heavy atom. The van der Waals surface area contributed by atoms with Crippen LogP contribution in [0.4, 0.5) is 5.69 Å². The Labute approximate surface area is 131 Å². The average molecular weight is 298 g/mol. The van der Waals surface area contributed by atoms with Gasteiger partial charge < -0.3 is 4.90 Å². The Balaban J connectivity index is 1.80. The number of halogens is 1. The quantitative estimate of drug-likeness (QED) is 0.622. The average Bonchev–Trinajstić information content (AvgIpc) is 3.11. The van der Waals surface area contributed by atoms with Gasteiger partial charge in [-0.05, 0) is 42.7 Å². The summed E-state index contributed by atoms with van der Waals surface area (Å²) in [5.41, 5.74) is 5.70. The van der Waals surface area contributed by atoms with Crippen LogP contribution in [0.1, 0.15) is 41.4 Å². The van der Waals surface area contributed by atoms with Gasteiger partial charge in [0.05, 0.1) is 0 Å². The van der Waals surface area contributed by atoms with Crippen LogP contribution in [-0.2, 0) is 0 Å². The molecule has 0 aromatic heterocycles. The van der Waals surface area contributed by atoms with Crippen LogP contribution < -0.4 is 4.90 Å². The summed E-state index contributed by atoms with van der Waals surface area (Å²) >= 11 is 6.76. The third-order valence-corrected chi connectivity index (χ3v) is 6.48. The molecule has 0 saturated heterocycles. The van der Waals surface area contributed by atoms with E-state index in [4.69, 9.17) is 11.6 Å². The van der Waals surface area contributed by atoms with Crippen LogP contribution in [0.3, 0.4) is 0 Å². The predicted octanol–water partition coefficient (Wildman–Crippen LogP) is 4.80. The van der Waals surface area contributed by atoms with Crippen molar-refractivity contribution in [2.75, 3.05) is 18.0 Å². The Morgan fingerprint density at radius 3 is 2.48 bits per heavy atom. The van der Waals surface area contributed by atoms with Crippen molar-refractivity contribution in [2.45, 2.75) is 31.6 Å². The molecule has 0 spiro atoms. The maximum Gasteiger partial charge on any atom is 0.0494 e. The lowest BCUT2D eigenvalue weighted by molar-refractivity contribution is 0.410. The SMILES string of the molecule is Cc1cc2c3c(c1Cl)[C@@H]1C=CC[C@@H]1CN3C[C@@H]1CC=C[C@@H]21. The van der Waals surface area contributed by atoms with E-state index in [1.807, 2.05) is 0 Å². The molecule has 4 atom stereocenters. The van der Waals surface area contributed by atoms with Crippen LogP contribution in [-0.4, -0.2) is 13.1 Å². The molecule has 2 aliphatic heterocycles. The van der Waals surface area contributed by atoms with Gasteiger partial charge >= 0.3 is 0 Å². The fourth-order valence-electron chi connectivity index (χ4n) is 5.04. The Bertz CT molecular complexity index is 685. The Hall–Kier alpha value is -1.21. The topological polar surface area (TPSA) is 3.24 Å². The van der Waals surface area contributed by atoms with Crippen molar-refractivity contribution in [3.05, 3.63) is 52.1 Å². The molecule has 0 amide bonds. The highest BCUT2D eigenvalue weighted by Crippen LogP contribution is 2.55. The smallest absolute Gasteiger partial charge is 0.0494 e. The standard InChI is InChI=1S/C19H20ClN/c1-11-8-16-14-6-2-4-12(14)9-21-10-13-5-3-7-15(13)17(18(11)20)19(16)21/h2-3,6-8,12-15H,4-5,9-10H2,1H3/t12-,13+,14+,15+/m0/s1. The van der Waals surface area contributed by atoms with Crippen LogP contribution in [0.5, 0.6) is 0 Å². The summed E-state index contributed by atoms with van der Waals surface area (Å²) in [6, 6.07) is 2.36. The van der Waals surface area contributed by atoms with Gasteiger partial charge in [0.2, 0.25) is 0 Å². The van der Waals surface area contributed by atoms with Crippen LogP contribution in [0.15, 0.2) is 30.4 Å². The van der Waals surface area contributed by atoms with Crippen molar-refractivity contribution in [3.63, 3.8) is 0 Å². The van der Waals surface area contributed by atoms with Crippen molar-refractivity contribution in [1.82, 2.24) is 0 Å². The van der Waals surface area contributed by atoms with Gasteiger partial charge in [-0.1, -0.05) is 42.0 Å². The maximum atomic E-state index is 6.76. The summed E-state index contributed by atoms with van der Waals surface area (Å²) in [6.45, 7) is 4.59. The second kappa shape index (κ2) is 4.16. The Kier molecular flexibility index (Phi) is 2.45. The lowest BCUT2D eigenvalue weighted by atomic mass is 9.74. The lowest BCUT2D eigenvalue weighted by Gasteiger charge is -2.46. The largest absolute Gasteiger partial charge is 0.370 e. The number of hydrogen-bond donors (Lipinski definition) is 0. The molecule has 4 aliphatic rings. The van der Waals surface area contributed by atoms with Crippen LogP contribution in [0.25, 0.3) is 0 Å². The first-order valence-corrected chi connectivity index (χ1v) is 8.53. The number of allylic oxidation sites excluding steroid dienone is 4. The molecule has 0 radical (unpaired) electrons. The molecule has 0 N–H and O–H groups in total. The van der Waals surface area contributed by atoms with Crippen molar-refractivity contribution in [3.8, 4) is 0 Å². The van der Waals surface area contributed by atoms with Crippen molar-refractivity contribution in [1.29, 1.82) is 0 Å². The number of fused-ring (bicyclic) bond motifs is 4. The van der Waals surface area contributed by atoms with E-state index in [2.05, 4.69) is 42.2 Å². The fourth-order valence-corrected chi connectivity index (χ4v) is 5.31. The zero-order chi connectivity index (χ0) is 14.1. The summed E-state index contributed by atoms with van der Waals surface area (Å²) in [7, 11) is 0. The van der Waals surface area contributed by atoms with E-state index in [-0.39, 0.29) is 0 Å². The van der Waals surface area contributed by atoms with Gasteiger partial charge in [0, 0.05) is 41.2 Å². The summed E-state index contributed by atoms with van der Waals surface area (Å²) in [5.74, 6) is 2.67. The highest BCUT2D eigenvalue weighted by Gasteiger charge is 2.43. The van der Waals surface area contributed by atoms with Crippen LogP contribution in [0, 0.1) is 18.8 Å². The van der Waals surface area contributed by atoms with E-state index in [0.29, 0.717) is 11.8 Å². The van der Waals surface area contributed by atoms with Crippen LogP contribution in [0.2, 0.25) is 5.02 Å². The minimum atomic E-state index is 0.546. The van der Waals surface area contributed by atoms with Crippen molar-refractivity contribution in [2.24, 2.45) is 11.8 Å². The fraction of sp³-hybridized carbons (Fsp3) is 0.474. The highest BCUT2D eigenvalue weighted by molar-refractivity contribution is 6.32. The molecule has 2 heterocycles. The minimum Gasteiger partial charge on any atom is -0.370 e. The third kappa shape index (κ3) is 1.53. The molecule has 0 unspecified atom stereocenters. The van der Waals surface area contributed by atoms with Crippen molar-refractivity contribution >= 4 is 17.3 Å². The molecule has 0 fully saturated rings. The van der Waals surface area contributed by atoms with E-state index >= 15 is 0 Å². The normalized spacial score (nSPS) is 34.9. The molecular formula is C19H20ClN. The molecule has 2 aliphatic carbocycles. The number of rotatable bonds is 0. The molecular weight excluding hydrogens is 278 g/mol. The van der Waals surface area contributed by atoms with Gasteiger partial charge in [-0.2, -0.15) is 0 Å². The van der Waals surface area contributed by atoms with Gasteiger partial charge in [-0.15, -0.1) is 0 Å². The van der Waals surface area contributed by atoms with Gasteiger partial charge in [0.1, 0.15) is 0 Å². The van der Waals surface area contributed by atoms with E-state index < -0.39 is 0 Å². The molecule has 0 bridgehead atoms. The van der Waals surface area contributed by atoms with E-state index in [1.165, 1.54) is 48.3 Å². The van der Waals surface area contributed by atoms with E-state index in [1.54, 1.807) is 0 Å². The zero-order valence-electron chi connectivity index (χ0n) is 12.3.